The van der Waals surface area contributed by atoms with Gasteiger partial charge in [0.25, 0.3) is 0 Å². The SMILES string of the molecule is CCC(N)CCNc1ccccc1S(=O)(=O)NC1CC1. The number of benzene rings is 1. The number of sulfonamides is 1. The number of anilines is 1. The van der Waals surface area contributed by atoms with E-state index in [4.69, 9.17) is 5.73 Å². The molecule has 1 atom stereocenters. The van der Waals surface area contributed by atoms with Crippen LogP contribution in [0.1, 0.15) is 32.6 Å². The number of para-hydroxylation sites is 1. The van der Waals surface area contributed by atoms with Gasteiger partial charge in [0.1, 0.15) is 4.90 Å². The average Bonchev–Trinajstić information content (AvgIpc) is 3.22. The number of nitrogens with two attached hydrogens (primary N) is 1. The van der Waals surface area contributed by atoms with Crippen molar-refractivity contribution < 1.29 is 8.42 Å². The van der Waals surface area contributed by atoms with E-state index in [0.29, 0.717) is 17.1 Å². The Morgan fingerprint density at radius 2 is 2.05 bits per heavy atom. The second-order valence-corrected chi connectivity index (χ2v) is 6.96. The molecule has 0 bridgehead atoms. The topological polar surface area (TPSA) is 84.2 Å². The molecule has 0 heterocycles. The van der Waals surface area contributed by atoms with Crippen LogP contribution < -0.4 is 15.8 Å². The van der Waals surface area contributed by atoms with E-state index >= 15 is 0 Å². The van der Waals surface area contributed by atoms with Crippen LogP contribution in [0.4, 0.5) is 5.69 Å². The minimum Gasteiger partial charge on any atom is -0.384 e. The molecule has 0 amide bonds. The van der Waals surface area contributed by atoms with E-state index in [9.17, 15) is 8.42 Å². The van der Waals surface area contributed by atoms with Gasteiger partial charge in [-0.2, -0.15) is 0 Å². The van der Waals surface area contributed by atoms with Gasteiger partial charge in [-0.1, -0.05) is 19.1 Å². The van der Waals surface area contributed by atoms with Gasteiger partial charge in [-0.3, -0.25) is 0 Å². The van der Waals surface area contributed by atoms with Crippen LogP contribution in [0.2, 0.25) is 0 Å². The van der Waals surface area contributed by atoms with Crippen LogP contribution in [0.15, 0.2) is 29.2 Å². The van der Waals surface area contributed by atoms with Crippen molar-refractivity contribution in [2.75, 3.05) is 11.9 Å². The molecule has 20 heavy (non-hydrogen) atoms. The molecule has 2 rings (SSSR count). The molecule has 4 N–H and O–H groups in total. The van der Waals surface area contributed by atoms with E-state index in [-0.39, 0.29) is 12.1 Å². The lowest BCUT2D eigenvalue weighted by Crippen LogP contribution is -2.27. The molecule has 6 heteroatoms. The molecule has 1 aromatic rings. The van der Waals surface area contributed by atoms with Gasteiger partial charge in [0.2, 0.25) is 10.0 Å². The summed E-state index contributed by atoms with van der Waals surface area (Å²) in [4.78, 5) is 0.317. The largest absolute Gasteiger partial charge is 0.384 e. The summed E-state index contributed by atoms with van der Waals surface area (Å²) in [5, 5.41) is 3.18. The summed E-state index contributed by atoms with van der Waals surface area (Å²) in [5.41, 5.74) is 6.51. The van der Waals surface area contributed by atoms with Gasteiger partial charge in [0.05, 0.1) is 5.69 Å². The Kier molecular flexibility index (Phi) is 5.01. The zero-order valence-corrected chi connectivity index (χ0v) is 12.6. The maximum Gasteiger partial charge on any atom is 0.242 e. The van der Waals surface area contributed by atoms with E-state index in [1.54, 1.807) is 18.2 Å². The molecule has 1 aliphatic rings. The van der Waals surface area contributed by atoms with Crippen LogP contribution in [0, 0.1) is 0 Å². The molecule has 0 radical (unpaired) electrons. The van der Waals surface area contributed by atoms with Crippen molar-refractivity contribution in [1.82, 2.24) is 4.72 Å². The minimum atomic E-state index is -3.43. The van der Waals surface area contributed by atoms with Crippen molar-refractivity contribution in [3.63, 3.8) is 0 Å². The lowest BCUT2D eigenvalue weighted by molar-refractivity contribution is 0.581. The van der Waals surface area contributed by atoms with Gasteiger partial charge in [-0.15, -0.1) is 0 Å². The normalized spacial score (nSPS) is 16.9. The average molecular weight is 297 g/mol. The van der Waals surface area contributed by atoms with E-state index in [2.05, 4.69) is 10.0 Å². The molecule has 0 spiro atoms. The van der Waals surface area contributed by atoms with E-state index in [0.717, 1.165) is 25.7 Å². The summed E-state index contributed by atoms with van der Waals surface area (Å²) in [6.45, 7) is 2.72. The molecular weight excluding hydrogens is 274 g/mol. The molecule has 1 fully saturated rings. The Bertz CT molecular complexity index is 541. The van der Waals surface area contributed by atoms with Gasteiger partial charge in [-0.25, -0.2) is 13.1 Å². The third-order valence-corrected chi connectivity index (χ3v) is 5.01. The smallest absolute Gasteiger partial charge is 0.242 e. The van der Waals surface area contributed by atoms with Gasteiger partial charge in [0, 0.05) is 18.6 Å². The summed E-state index contributed by atoms with van der Waals surface area (Å²) >= 11 is 0. The Balaban J connectivity index is 2.05. The van der Waals surface area contributed by atoms with Crippen molar-refractivity contribution >= 4 is 15.7 Å². The van der Waals surface area contributed by atoms with Crippen LogP contribution in [-0.4, -0.2) is 27.0 Å². The Morgan fingerprint density at radius 3 is 2.70 bits per heavy atom. The maximum atomic E-state index is 12.3. The van der Waals surface area contributed by atoms with E-state index in [1.165, 1.54) is 0 Å². The lowest BCUT2D eigenvalue weighted by Gasteiger charge is -2.14. The highest BCUT2D eigenvalue weighted by atomic mass is 32.2. The zero-order valence-electron chi connectivity index (χ0n) is 11.8. The summed E-state index contributed by atoms with van der Waals surface area (Å²) < 4.78 is 27.3. The summed E-state index contributed by atoms with van der Waals surface area (Å²) in [6.07, 6.45) is 3.60. The molecule has 112 valence electrons. The number of hydrogen-bond donors (Lipinski definition) is 3. The first-order valence-electron chi connectivity index (χ1n) is 7.13. The highest BCUT2D eigenvalue weighted by Gasteiger charge is 2.29. The molecule has 1 aromatic carbocycles. The van der Waals surface area contributed by atoms with Crippen LogP contribution >= 0.6 is 0 Å². The van der Waals surface area contributed by atoms with E-state index < -0.39 is 10.0 Å². The van der Waals surface area contributed by atoms with Gasteiger partial charge in [0.15, 0.2) is 0 Å². The van der Waals surface area contributed by atoms with Crippen LogP contribution in [0.5, 0.6) is 0 Å². The fourth-order valence-electron chi connectivity index (χ4n) is 1.93. The fourth-order valence-corrected chi connectivity index (χ4v) is 3.42. The van der Waals surface area contributed by atoms with Crippen molar-refractivity contribution in [2.24, 2.45) is 5.73 Å². The zero-order chi connectivity index (χ0) is 14.6. The van der Waals surface area contributed by atoms with E-state index in [1.807, 2.05) is 13.0 Å². The first kappa shape index (κ1) is 15.3. The maximum absolute atomic E-state index is 12.3. The molecule has 1 unspecified atom stereocenters. The Hall–Kier alpha value is -1.11. The fraction of sp³-hybridized carbons (Fsp3) is 0.571. The Morgan fingerprint density at radius 1 is 1.35 bits per heavy atom. The second kappa shape index (κ2) is 6.56. The van der Waals surface area contributed by atoms with Crippen molar-refractivity contribution in [3.05, 3.63) is 24.3 Å². The van der Waals surface area contributed by atoms with Crippen LogP contribution in [-0.2, 0) is 10.0 Å². The van der Waals surface area contributed by atoms with Gasteiger partial charge >= 0.3 is 0 Å². The number of nitrogens with one attached hydrogen (secondary N) is 2. The quantitative estimate of drug-likeness (QED) is 0.681. The van der Waals surface area contributed by atoms with Crippen molar-refractivity contribution in [2.45, 2.75) is 49.6 Å². The van der Waals surface area contributed by atoms with Crippen molar-refractivity contribution in [1.29, 1.82) is 0 Å². The van der Waals surface area contributed by atoms with Crippen molar-refractivity contribution in [3.8, 4) is 0 Å². The Labute approximate surface area is 121 Å². The van der Waals surface area contributed by atoms with Gasteiger partial charge in [-0.05, 0) is 37.8 Å². The minimum absolute atomic E-state index is 0.113. The van der Waals surface area contributed by atoms with Gasteiger partial charge < -0.3 is 11.1 Å². The molecule has 0 aliphatic heterocycles. The predicted molar refractivity (Wildman–Crippen MR) is 81.2 cm³/mol. The first-order valence-corrected chi connectivity index (χ1v) is 8.62. The summed E-state index contributed by atoms with van der Waals surface area (Å²) in [7, 11) is -3.43. The molecule has 1 aliphatic carbocycles. The summed E-state index contributed by atoms with van der Waals surface area (Å²) in [5.74, 6) is 0. The summed E-state index contributed by atoms with van der Waals surface area (Å²) in [6, 6.07) is 7.26. The molecule has 0 saturated heterocycles. The molecule has 1 saturated carbocycles. The second-order valence-electron chi connectivity index (χ2n) is 5.28. The highest BCUT2D eigenvalue weighted by molar-refractivity contribution is 7.89. The number of rotatable bonds is 8. The first-order chi connectivity index (χ1) is 9.53. The lowest BCUT2D eigenvalue weighted by atomic mass is 10.2. The molecule has 0 aromatic heterocycles. The number of hydrogen-bond acceptors (Lipinski definition) is 4. The standard InChI is InChI=1S/C14H23N3O2S/c1-2-11(15)9-10-16-13-5-3-4-6-14(13)20(18,19)17-12-7-8-12/h3-6,11-12,16-17H,2,7-10,15H2,1H3. The third kappa shape index (κ3) is 4.19. The predicted octanol–water partition coefficient (Wildman–Crippen LogP) is 1.67. The highest BCUT2D eigenvalue weighted by Crippen LogP contribution is 2.25. The molecular formula is C14H23N3O2S. The monoisotopic (exact) mass is 297 g/mol. The van der Waals surface area contributed by atoms with Crippen LogP contribution in [0.25, 0.3) is 0 Å². The van der Waals surface area contributed by atoms with Crippen LogP contribution in [0.3, 0.4) is 0 Å². The third-order valence-electron chi connectivity index (χ3n) is 3.43. The molecule has 5 nitrogen and oxygen atoms in total.